The van der Waals surface area contributed by atoms with Gasteiger partial charge in [-0.2, -0.15) is 8.78 Å². The van der Waals surface area contributed by atoms with Crippen molar-refractivity contribution in [2.24, 2.45) is 0 Å². The van der Waals surface area contributed by atoms with E-state index in [0.717, 1.165) is 12.2 Å². The van der Waals surface area contributed by atoms with Gasteiger partial charge in [-0.1, -0.05) is 18.2 Å². The SMILES string of the molecule is COc1ccc(NC(=O)NCCCSc2ccccc2)cc1OC(F)F. The molecule has 0 heterocycles. The number of thioether (sulfide) groups is 1. The Labute approximate surface area is 155 Å². The molecule has 0 aliphatic heterocycles. The first-order valence-electron chi connectivity index (χ1n) is 7.94. The van der Waals surface area contributed by atoms with Gasteiger partial charge < -0.3 is 20.1 Å². The van der Waals surface area contributed by atoms with Gasteiger partial charge in [-0.3, -0.25) is 0 Å². The number of benzene rings is 2. The number of alkyl halides is 2. The molecule has 0 saturated carbocycles. The van der Waals surface area contributed by atoms with Crippen LogP contribution < -0.4 is 20.1 Å². The fraction of sp³-hybridized carbons (Fsp3) is 0.278. The lowest BCUT2D eigenvalue weighted by atomic mass is 10.3. The van der Waals surface area contributed by atoms with Crippen molar-refractivity contribution in [3.05, 3.63) is 48.5 Å². The second-order valence-electron chi connectivity index (χ2n) is 5.14. The zero-order chi connectivity index (χ0) is 18.8. The van der Waals surface area contributed by atoms with Crippen LogP contribution in [-0.4, -0.2) is 32.1 Å². The van der Waals surface area contributed by atoms with Gasteiger partial charge in [0, 0.05) is 23.2 Å². The van der Waals surface area contributed by atoms with Gasteiger partial charge in [-0.05, 0) is 36.4 Å². The lowest BCUT2D eigenvalue weighted by Gasteiger charge is -2.12. The zero-order valence-corrected chi connectivity index (χ0v) is 15.0. The van der Waals surface area contributed by atoms with E-state index >= 15 is 0 Å². The number of nitrogens with one attached hydrogen (secondary N) is 2. The summed E-state index contributed by atoms with van der Waals surface area (Å²) >= 11 is 1.71. The Bertz CT molecular complexity index is 702. The monoisotopic (exact) mass is 382 g/mol. The Morgan fingerprint density at radius 2 is 1.92 bits per heavy atom. The molecule has 0 atom stereocenters. The van der Waals surface area contributed by atoms with Crippen LogP contribution in [0.3, 0.4) is 0 Å². The molecule has 2 N–H and O–H groups in total. The predicted octanol–water partition coefficient (Wildman–Crippen LogP) is 4.60. The summed E-state index contributed by atoms with van der Waals surface area (Å²) < 4.78 is 34.2. The highest BCUT2D eigenvalue weighted by Crippen LogP contribution is 2.31. The molecular weight excluding hydrogens is 362 g/mol. The van der Waals surface area contributed by atoms with Crippen molar-refractivity contribution in [2.75, 3.05) is 24.7 Å². The van der Waals surface area contributed by atoms with Gasteiger partial charge in [0.15, 0.2) is 11.5 Å². The summed E-state index contributed by atoms with van der Waals surface area (Å²) in [6.45, 7) is -2.47. The summed E-state index contributed by atoms with van der Waals surface area (Å²) in [6.07, 6.45) is 0.801. The second-order valence-corrected chi connectivity index (χ2v) is 6.31. The van der Waals surface area contributed by atoms with Crippen molar-refractivity contribution in [2.45, 2.75) is 17.9 Å². The molecule has 0 radical (unpaired) electrons. The van der Waals surface area contributed by atoms with E-state index < -0.39 is 12.6 Å². The lowest BCUT2D eigenvalue weighted by molar-refractivity contribution is -0.0511. The Hall–Kier alpha value is -2.48. The van der Waals surface area contributed by atoms with Gasteiger partial charge in [0.25, 0.3) is 0 Å². The van der Waals surface area contributed by atoms with Crippen LogP contribution in [0.5, 0.6) is 11.5 Å². The molecular formula is C18H20F2N2O3S. The third kappa shape index (κ3) is 6.79. The number of halogens is 2. The highest BCUT2D eigenvalue weighted by Gasteiger charge is 2.12. The van der Waals surface area contributed by atoms with Crippen LogP contribution in [-0.2, 0) is 0 Å². The van der Waals surface area contributed by atoms with Gasteiger partial charge in [0.05, 0.1) is 7.11 Å². The molecule has 140 valence electrons. The third-order valence-corrected chi connectivity index (χ3v) is 4.35. The molecule has 2 aromatic rings. The van der Waals surface area contributed by atoms with E-state index in [1.165, 1.54) is 24.1 Å². The van der Waals surface area contributed by atoms with E-state index in [9.17, 15) is 13.6 Å². The molecule has 0 unspecified atom stereocenters. The first-order chi connectivity index (χ1) is 12.6. The number of hydrogen-bond acceptors (Lipinski definition) is 4. The standard InChI is InChI=1S/C18H20F2N2O3S/c1-24-15-9-8-13(12-16(15)25-17(19)20)22-18(23)21-10-5-11-26-14-6-3-2-4-7-14/h2-4,6-9,12,17H,5,10-11H2,1H3,(H2,21,22,23). The van der Waals surface area contributed by atoms with E-state index in [2.05, 4.69) is 15.4 Å². The Morgan fingerprint density at radius 3 is 2.62 bits per heavy atom. The predicted molar refractivity (Wildman–Crippen MR) is 98.4 cm³/mol. The minimum absolute atomic E-state index is 0.139. The lowest BCUT2D eigenvalue weighted by Crippen LogP contribution is -2.29. The maximum absolute atomic E-state index is 12.4. The highest BCUT2D eigenvalue weighted by atomic mass is 32.2. The summed E-state index contributed by atoms with van der Waals surface area (Å²) in [5, 5.41) is 5.30. The number of carbonyl (C=O) groups excluding carboxylic acids is 1. The molecule has 8 heteroatoms. The fourth-order valence-electron chi connectivity index (χ4n) is 2.10. The van der Waals surface area contributed by atoms with Crippen LogP contribution in [0.2, 0.25) is 0 Å². The van der Waals surface area contributed by atoms with Gasteiger partial charge in [-0.15, -0.1) is 11.8 Å². The maximum Gasteiger partial charge on any atom is 0.387 e. The quantitative estimate of drug-likeness (QED) is 0.492. The number of carbonyl (C=O) groups is 1. The topological polar surface area (TPSA) is 59.6 Å². The average Bonchev–Trinajstić information content (AvgIpc) is 2.62. The largest absolute Gasteiger partial charge is 0.493 e. The fourth-order valence-corrected chi connectivity index (χ4v) is 2.97. The number of urea groups is 1. The summed E-state index contributed by atoms with van der Waals surface area (Å²) in [5.41, 5.74) is 0.331. The van der Waals surface area contributed by atoms with Crippen molar-refractivity contribution in [1.29, 1.82) is 0 Å². The first kappa shape index (κ1) is 19.8. The highest BCUT2D eigenvalue weighted by molar-refractivity contribution is 7.99. The molecule has 0 spiro atoms. The van der Waals surface area contributed by atoms with Gasteiger partial charge in [0.2, 0.25) is 0 Å². The number of hydrogen-bond donors (Lipinski definition) is 2. The van der Waals surface area contributed by atoms with E-state index in [1.54, 1.807) is 17.8 Å². The first-order valence-corrected chi connectivity index (χ1v) is 8.92. The molecule has 2 rings (SSSR count). The smallest absolute Gasteiger partial charge is 0.387 e. The van der Waals surface area contributed by atoms with E-state index in [-0.39, 0.29) is 11.5 Å². The average molecular weight is 382 g/mol. The number of ether oxygens (including phenoxy) is 2. The van der Waals surface area contributed by atoms with Crippen LogP contribution in [0.1, 0.15) is 6.42 Å². The number of rotatable bonds is 9. The van der Waals surface area contributed by atoms with Crippen molar-refractivity contribution in [3.63, 3.8) is 0 Å². The molecule has 0 aromatic heterocycles. The van der Waals surface area contributed by atoms with Crippen molar-refractivity contribution in [1.82, 2.24) is 5.32 Å². The van der Waals surface area contributed by atoms with Crippen LogP contribution in [0.25, 0.3) is 0 Å². The number of methoxy groups -OCH3 is 1. The van der Waals surface area contributed by atoms with Crippen molar-refractivity contribution < 1.29 is 23.0 Å². The van der Waals surface area contributed by atoms with Crippen LogP contribution >= 0.6 is 11.8 Å². The van der Waals surface area contributed by atoms with E-state index in [1.807, 2.05) is 30.3 Å². The minimum Gasteiger partial charge on any atom is -0.493 e. The summed E-state index contributed by atoms with van der Waals surface area (Å²) in [6, 6.07) is 13.9. The summed E-state index contributed by atoms with van der Waals surface area (Å²) in [4.78, 5) is 13.1. The summed E-state index contributed by atoms with van der Waals surface area (Å²) in [5.74, 6) is 0.896. The third-order valence-electron chi connectivity index (χ3n) is 3.26. The van der Waals surface area contributed by atoms with Gasteiger partial charge in [0.1, 0.15) is 0 Å². The van der Waals surface area contributed by atoms with E-state index in [4.69, 9.17) is 4.74 Å². The van der Waals surface area contributed by atoms with Crippen LogP contribution in [0.4, 0.5) is 19.3 Å². The molecule has 2 aromatic carbocycles. The molecule has 0 aliphatic carbocycles. The molecule has 26 heavy (non-hydrogen) atoms. The van der Waals surface area contributed by atoms with Gasteiger partial charge in [-0.25, -0.2) is 4.79 Å². The molecule has 0 saturated heterocycles. The second kappa shape index (κ2) is 10.5. The molecule has 0 bridgehead atoms. The molecule has 0 fully saturated rings. The summed E-state index contributed by atoms with van der Waals surface area (Å²) in [7, 11) is 1.35. The van der Waals surface area contributed by atoms with Gasteiger partial charge >= 0.3 is 12.6 Å². The Balaban J connectivity index is 1.75. The molecule has 5 nitrogen and oxygen atoms in total. The molecule has 2 amide bonds. The van der Waals surface area contributed by atoms with Crippen molar-refractivity contribution >= 4 is 23.5 Å². The Kier molecular flexibility index (Phi) is 8.01. The minimum atomic E-state index is -2.98. The Morgan fingerprint density at radius 1 is 1.15 bits per heavy atom. The van der Waals surface area contributed by atoms with Crippen molar-refractivity contribution in [3.8, 4) is 11.5 Å². The number of anilines is 1. The van der Waals surface area contributed by atoms with Crippen LogP contribution in [0, 0.1) is 0 Å². The zero-order valence-electron chi connectivity index (χ0n) is 14.2. The molecule has 0 aliphatic rings. The van der Waals surface area contributed by atoms with Crippen LogP contribution in [0.15, 0.2) is 53.4 Å². The maximum atomic E-state index is 12.4. The number of amides is 2. The normalized spacial score (nSPS) is 10.5. The van der Waals surface area contributed by atoms with E-state index in [0.29, 0.717) is 12.2 Å².